The van der Waals surface area contributed by atoms with Crippen molar-refractivity contribution in [1.29, 1.82) is 0 Å². The molecule has 0 aliphatic carbocycles. The zero-order valence-corrected chi connectivity index (χ0v) is 11.8. The Morgan fingerprint density at radius 3 is 1.94 bits per heavy atom. The summed E-state index contributed by atoms with van der Waals surface area (Å²) in [4.78, 5) is 26.6. The molecule has 0 aromatic carbocycles. The standard InChI is InChI=1S/C6H13O9P.Na/c7-1-3(8)5(10)6(11)4(9)2-15-16(12,13)14;/h1,3-6,8-11H,2H2,(H2,12,13,14);/t3-,4+,5-,6+;/m0./s1. The van der Waals surface area contributed by atoms with Crippen molar-refractivity contribution in [3.05, 3.63) is 0 Å². The summed E-state index contributed by atoms with van der Waals surface area (Å²) in [6.07, 6.45) is -7.80. The van der Waals surface area contributed by atoms with Crippen LogP contribution in [0.1, 0.15) is 0 Å². The summed E-state index contributed by atoms with van der Waals surface area (Å²) in [5.74, 6) is 0. The molecule has 4 atom stereocenters. The minimum Gasteiger partial charge on any atom is -0.388 e. The van der Waals surface area contributed by atoms with E-state index in [2.05, 4.69) is 4.52 Å². The van der Waals surface area contributed by atoms with Gasteiger partial charge in [0.15, 0.2) is 6.29 Å². The number of aliphatic hydroxyl groups excluding tert-OH is 4. The van der Waals surface area contributed by atoms with Crippen molar-refractivity contribution in [2.75, 3.05) is 6.61 Å². The normalized spacial score (nSPS) is 18.7. The molecule has 9 nitrogen and oxygen atoms in total. The molecular formula is C6H13NaO9P. The van der Waals surface area contributed by atoms with E-state index in [1.165, 1.54) is 0 Å². The van der Waals surface area contributed by atoms with Gasteiger partial charge in [-0.1, -0.05) is 0 Å². The molecule has 0 aliphatic rings. The number of phosphoric acid groups is 1. The minimum atomic E-state index is -4.80. The van der Waals surface area contributed by atoms with Crippen LogP contribution in [0.3, 0.4) is 0 Å². The zero-order chi connectivity index (χ0) is 12.9. The van der Waals surface area contributed by atoms with Crippen molar-refractivity contribution < 1.29 is 44.1 Å². The molecule has 97 valence electrons. The van der Waals surface area contributed by atoms with Gasteiger partial charge in [-0.05, 0) is 0 Å². The summed E-state index contributed by atoms with van der Waals surface area (Å²) in [5, 5.41) is 36.1. The fourth-order valence-electron chi connectivity index (χ4n) is 0.782. The number of hydrogen-bond donors (Lipinski definition) is 6. The van der Waals surface area contributed by atoms with Crippen LogP contribution in [0.25, 0.3) is 0 Å². The second-order valence-corrected chi connectivity index (χ2v) is 4.20. The van der Waals surface area contributed by atoms with E-state index in [0.29, 0.717) is 0 Å². The molecule has 0 saturated carbocycles. The summed E-state index contributed by atoms with van der Waals surface area (Å²) in [6, 6.07) is 0. The third kappa shape index (κ3) is 8.36. The van der Waals surface area contributed by atoms with Crippen molar-refractivity contribution in [1.82, 2.24) is 0 Å². The number of aliphatic hydroxyl groups is 4. The number of carbonyl (C=O) groups excluding carboxylic acids is 1. The van der Waals surface area contributed by atoms with Crippen LogP contribution in [0.4, 0.5) is 0 Å². The van der Waals surface area contributed by atoms with Crippen LogP contribution in [0.5, 0.6) is 0 Å². The predicted octanol–water partition coefficient (Wildman–Crippen LogP) is -3.64. The maximum atomic E-state index is 10.2. The third-order valence-corrected chi connectivity index (χ3v) is 2.13. The average Bonchev–Trinajstić information content (AvgIpc) is 2.21. The zero-order valence-electron chi connectivity index (χ0n) is 8.95. The van der Waals surface area contributed by atoms with Gasteiger partial charge in [-0.3, -0.25) is 4.52 Å². The van der Waals surface area contributed by atoms with Gasteiger partial charge < -0.3 is 35.0 Å². The molecule has 0 unspecified atom stereocenters. The van der Waals surface area contributed by atoms with Crippen LogP contribution < -0.4 is 0 Å². The van der Waals surface area contributed by atoms with Gasteiger partial charge in [-0.25, -0.2) is 4.57 Å². The largest absolute Gasteiger partial charge is 0.469 e. The molecule has 0 saturated heterocycles. The Balaban J connectivity index is 0. The van der Waals surface area contributed by atoms with Crippen LogP contribution in [0, 0.1) is 0 Å². The number of phosphoric ester groups is 1. The van der Waals surface area contributed by atoms with Gasteiger partial charge in [0, 0.05) is 29.6 Å². The van der Waals surface area contributed by atoms with Gasteiger partial charge >= 0.3 is 7.82 Å². The number of carbonyl (C=O) groups is 1. The van der Waals surface area contributed by atoms with Gasteiger partial charge in [0.2, 0.25) is 0 Å². The van der Waals surface area contributed by atoms with E-state index in [9.17, 15) is 9.36 Å². The van der Waals surface area contributed by atoms with E-state index < -0.39 is 38.8 Å². The van der Waals surface area contributed by atoms with Gasteiger partial charge in [0.1, 0.15) is 24.4 Å². The summed E-state index contributed by atoms with van der Waals surface area (Å²) in [5.41, 5.74) is 0. The molecule has 6 N–H and O–H groups in total. The van der Waals surface area contributed by atoms with Crippen LogP contribution in [-0.2, 0) is 13.9 Å². The van der Waals surface area contributed by atoms with Crippen molar-refractivity contribution in [3.8, 4) is 0 Å². The molecule has 0 amide bonds. The Morgan fingerprint density at radius 2 is 1.59 bits per heavy atom. The molecule has 17 heavy (non-hydrogen) atoms. The SMILES string of the molecule is O=C[C@H](O)[C@H](O)[C@H](O)[C@H](O)COP(=O)(O)O.[Na]. The van der Waals surface area contributed by atoms with E-state index in [4.69, 9.17) is 30.2 Å². The van der Waals surface area contributed by atoms with Crippen molar-refractivity contribution in [3.63, 3.8) is 0 Å². The van der Waals surface area contributed by atoms with Crippen LogP contribution in [-0.4, -0.2) is 97.1 Å². The summed E-state index contributed by atoms with van der Waals surface area (Å²) >= 11 is 0. The Kier molecular flexibility index (Phi) is 10.2. The summed E-state index contributed by atoms with van der Waals surface area (Å²) in [6.45, 7) is -0.964. The van der Waals surface area contributed by atoms with E-state index in [1.54, 1.807) is 0 Å². The molecule has 0 rings (SSSR count). The van der Waals surface area contributed by atoms with Gasteiger partial charge in [0.25, 0.3) is 0 Å². The Morgan fingerprint density at radius 1 is 1.12 bits per heavy atom. The minimum absolute atomic E-state index is 0. The second-order valence-electron chi connectivity index (χ2n) is 2.96. The maximum absolute atomic E-state index is 10.2. The van der Waals surface area contributed by atoms with Gasteiger partial charge in [-0.15, -0.1) is 0 Å². The van der Waals surface area contributed by atoms with Crippen LogP contribution in [0.2, 0.25) is 0 Å². The topological polar surface area (TPSA) is 165 Å². The number of hydrogen-bond acceptors (Lipinski definition) is 7. The number of rotatable bonds is 7. The fraction of sp³-hybridized carbons (Fsp3) is 0.833. The Hall–Kier alpha value is 0.620. The first-order chi connectivity index (χ1) is 7.19. The molecular weight excluding hydrogens is 270 g/mol. The second kappa shape index (κ2) is 8.68. The average molecular weight is 283 g/mol. The molecule has 0 bridgehead atoms. The molecule has 0 heterocycles. The number of aldehydes is 1. The summed E-state index contributed by atoms with van der Waals surface area (Å²) in [7, 11) is -4.80. The summed E-state index contributed by atoms with van der Waals surface area (Å²) < 4.78 is 14.1. The first kappa shape index (κ1) is 19.9. The molecule has 0 aromatic heterocycles. The Bertz CT molecular complexity index is 268. The molecule has 0 spiro atoms. The van der Waals surface area contributed by atoms with Crippen molar-refractivity contribution in [2.45, 2.75) is 24.4 Å². The Labute approximate surface area is 119 Å². The van der Waals surface area contributed by atoms with E-state index >= 15 is 0 Å². The maximum Gasteiger partial charge on any atom is 0.469 e. The first-order valence-corrected chi connectivity index (χ1v) is 5.59. The third-order valence-electron chi connectivity index (χ3n) is 1.65. The molecule has 0 fully saturated rings. The van der Waals surface area contributed by atoms with Gasteiger partial charge in [-0.2, -0.15) is 0 Å². The monoisotopic (exact) mass is 283 g/mol. The van der Waals surface area contributed by atoms with E-state index in [0.717, 1.165) is 0 Å². The smallest absolute Gasteiger partial charge is 0.388 e. The molecule has 0 aliphatic heterocycles. The van der Waals surface area contributed by atoms with Crippen molar-refractivity contribution in [2.24, 2.45) is 0 Å². The van der Waals surface area contributed by atoms with E-state index in [1.807, 2.05) is 0 Å². The van der Waals surface area contributed by atoms with Crippen LogP contribution >= 0.6 is 7.82 Å². The molecule has 0 aromatic rings. The molecule has 11 heteroatoms. The van der Waals surface area contributed by atoms with Gasteiger partial charge in [0.05, 0.1) is 6.61 Å². The fourth-order valence-corrected chi connectivity index (χ4v) is 1.13. The predicted molar refractivity (Wildman–Crippen MR) is 53.8 cm³/mol. The van der Waals surface area contributed by atoms with Crippen molar-refractivity contribution >= 4 is 43.7 Å². The van der Waals surface area contributed by atoms with E-state index in [-0.39, 0.29) is 35.8 Å². The first-order valence-electron chi connectivity index (χ1n) is 4.06. The van der Waals surface area contributed by atoms with Crippen LogP contribution in [0.15, 0.2) is 0 Å². The molecule has 1 radical (unpaired) electrons. The quantitative estimate of drug-likeness (QED) is 0.157.